The van der Waals surface area contributed by atoms with Gasteiger partial charge in [-0.3, -0.25) is 0 Å². The van der Waals surface area contributed by atoms with Gasteiger partial charge in [0.25, 0.3) is 0 Å². The van der Waals surface area contributed by atoms with Crippen LogP contribution in [0.25, 0.3) is 0 Å². The molecule has 1 atom stereocenters. The van der Waals surface area contributed by atoms with Crippen LogP contribution in [0.15, 0.2) is 18.2 Å². The molecule has 1 unspecified atom stereocenters. The number of likely N-dealkylation sites (N-methyl/N-ethyl adjacent to an activating group) is 1. The minimum Gasteiger partial charge on any atom is -0.387 e. The average molecular weight is 303 g/mol. The summed E-state index contributed by atoms with van der Waals surface area (Å²) in [5.74, 6) is 0. The van der Waals surface area contributed by atoms with Crippen molar-refractivity contribution in [2.24, 2.45) is 0 Å². The van der Waals surface area contributed by atoms with E-state index >= 15 is 0 Å². The molecule has 0 bridgehead atoms. The summed E-state index contributed by atoms with van der Waals surface area (Å²) in [4.78, 5) is 14.0. The van der Waals surface area contributed by atoms with Crippen molar-refractivity contribution in [3.63, 3.8) is 0 Å². The number of benzene rings is 1. The molecule has 5 nitrogen and oxygen atoms in total. The van der Waals surface area contributed by atoms with Crippen LogP contribution in [-0.4, -0.2) is 37.3 Å². The van der Waals surface area contributed by atoms with Crippen LogP contribution in [0.1, 0.15) is 42.9 Å². The zero-order valence-corrected chi connectivity index (χ0v) is 13.1. The summed E-state index contributed by atoms with van der Waals surface area (Å²) in [6.45, 7) is 1.27. The molecule has 1 aliphatic heterocycles. The first kappa shape index (κ1) is 15.2. The van der Waals surface area contributed by atoms with Crippen molar-refractivity contribution < 1.29 is 9.90 Å². The van der Waals surface area contributed by atoms with Crippen molar-refractivity contribution in [3.05, 3.63) is 29.3 Å². The van der Waals surface area contributed by atoms with E-state index in [1.165, 1.54) is 24.1 Å². The third kappa shape index (κ3) is 3.35. The summed E-state index contributed by atoms with van der Waals surface area (Å²) in [6, 6.07) is 6.18. The van der Waals surface area contributed by atoms with Crippen molar-refractivity contribution in [1.82, 2.24) is 10.6 Å². The lowest BCUT2D eigenvalue weighted by atomic mass is 10.0. The van der Waals surface area contributed by atoms with Crippen LogP contribution in [0.4, 0.5) is 10.5 Å². The minimum absolute atomic E-state index is 0.174. The fourth-order valence-electron chi connectivity index (χ4n) is 3.41. The van der Waals surface area contributed by atoms with Crippen LogP contribution in [0, 0.1) is 0 Å². The highest BCUT2D eigenvalue weighted by Gasteiger charge is 2.19. The number of carbonyl (C=O) groups is 1. The Kier molecular flexibility index (Phi) is 4.52. The van der Waals surface area contributed by atoms with Gasteiger partial charge in [0.2, 0.25) is 0 Å². The molecule has 5 heteroatoms. The Hall–Kier alpha value is -1.75. The number of hydrogen-bond donors (Lipinski definition) is 3. The van der Waals surface area contributed by atoms with Crippen LogP contribution in [0.2, 0.25) is 0 Å². The van der Waals surface area contributed by atoms with Gasteiger partial charge in [-0.2, -0.15) is 0 Å². The third-order valence-corrected chi connectivity index (χ3v) is 4.76. The van der Waals surface area contributed by atoms with E-state index < -0.39 is 6.10 Å². The lowest BCUT2D eigenvalue weighted by Crippen LogP contribution is -2.42. The molecule has 120 valence electrons. The molecule has 0 saturated heterocycles. The maximum atomic E-state index is 11.8. The van der Waals surface area contributed by atoms with Crippen molar-refractivity contribution in [3.8, 4) is 0 Å². The van der Waals surface area contributed by atoms with Crippen LogP contribution >= 0.6 is 0 Å². The second-order valence-electron chi connectivity index (χ2n) is 6.41. The molecule has 1 aromatic carbocycles. The number of nitrogens with one attached hydrogen (secondary N) is 2. The number of amides is 2. The molecule has 1 fully saturated rings. The van der Waals surface area contributed by atoms with E-state index in [4.69, 9.17) is 0 Å². The highest BCUT2D eigenvalue weighted by molar-refractivity contribution is 5.74. The molecule has 22 heavy (non-hydrogen) atoms. The molecule has 3 rings (SSSR count). The zero-order valence-electron chi connectivity index (χ0n) is 13.1. The van der Waals surface area contributed by atoms with Crippen molar-refractivity contribution >= 4 is 11.7 Å². The van der Waals surface area contributed by atoms with Gasteiger partial charge in [0.15, 0.2) is 0 Å². The van der Waals surface area contributed by atoms with Crippen LogP contribution < -0.4 is 15.5 Å². The Morgan fingerprint density at radius 1 is 1.41 bits per heavy atom. The number of carbonyl (C=O) groups excluding carboxylic acids is 1. The average Bonchev–Trinajstić information content (AvgIpc) is 3.15. The summed E-state index contributed by atoms with van der Waals surface area (Å²) in [7, 11) is 2.08. The molecular formula is C17H25N3O2. The summed E-state index contributed by atoms with van der Waals surface area (Å²) in [6.07, 6.45) is 4.87. The molecule has 1 aromatic rings. The van der Waals surface area contributed by atoms with Crippen LogP contribution in [0.5, 0.6) is 0 Å². The number of rotatable bonds is 4. The first-order valence-electron chi connectivity index (χ1n) is 8.20. The minimum atomic E-state index is -0.662. The molecule has 1 aliphatic carbocycles. The topological polar surface area (TPSA) is 64.6 Å². The molecular weight excluding hydrogens is 278 g/mol. The SMILES string of the molecule is CN1CCc2cc(C(O)CNC(=O)NC3CCCC3)ccc21. The molecule has 0 aromatic heterocycles. The van der Waals surface area contributed by atoms with Gasteiger partial charge in [0, 0.05) is 31.9 Å². The molecule has 1 heterocycles. The fourth-order valence-corrected chi connectivity index (χ4v) is 3.41. The number of nitrogens with zero attached hydrogens (tertiary/aromatic N) is 1. The Labute approximate surface area is 131 Å². The van der Waals surface area contributed by atoms with Gasteiger partial charge in [0.1, 0.15) is 0 Å². The van der Waals surface area contributed by atoms with Gasteiger partial charge < -0.3 is 20.6 Å². The lowest BCUT2D eigenvalue weighted by Gasteiger charge is -2.17. The molecule has 0 radical (unpaired) electrons. The van der Waals surface area contributed by atoms with Crippen LogP contribution in [0.3, 0.4) is 0 Å². The van der Waals surface area contributed by atoms with Crippen molar-refractivity contribution in [1.29, 1.82) is 0 Å². The second-order valence-corrected chi connectivity index (χ2v) is 6.41. The Balaban J connectivity index is 1.51. The highest BCUT2D eigenvalue weighted by Crippen LogP contribution is 2.29. The predicted octanol–water partition coefficient (Wildman–Crippen LogP) is 1.95. The second kappa shape index (κ2) is 6.57. The van der Waals surface area contributed by atoms with E-state index in [1.54, 1.807) is 0 Å². The van der Waals surface area contributed by atoms with E-state index in [0.717, 1.165) is 31.4 Å². The van der Waals surface area contributed by atoms with E-state index in [0.29, 0.717) is 6.04 Å². The molecule has 0 spiro atoms. The van der Waals surface area contributed by atoms with E-state index in [9.17, 15) is 9.90 Å². The third-order valence-electron chi connectivity index (χ3n) is 4.76. The number of hydrogen-bond acceptors (Lipinski definition) is 3. The van der Waals surface area contributed by atoms with E-state index in [2.05, 4.69) is 34.7 Å². The summed E-state index contributed by atoms with van der Waals surface area (Å²) in [5, 5.41) is 16.0. The predicted molar refractivity (Wildman–Crippen MR) is 87.2 cm³/mol. The highest BCUT2D eigenvalue weighted by atomic mass is 16.3. The Morgan fingerprint density at radius 3 is 2.95 bits per heavy atom. The lowest BCUT2D eigenvalue weighted by molar-refractivity contribution is 0.172. The number of anilines is 1. The van der Waals surface area contributed by atoms with Crippen molar-refractivity contribution in [2.45, 2.75) is 44.2 Å². The normalized spacial score (nSPS) is 19.1. The molecule has 3 N–H and O–H groups in total. The van der Waals surface area contributed by atoms with Gasteiger partial charge in [-0.1, -0.05) is 25.0 Å². The van der Waals surface area contributed by atoms with Gasteiger partial charge in [-0.25, -0.2) is 4.79 Å². The Morgan fingerprint density at radius 2 is 2.18 bits per heavy atom. The monoisotopic (exact) mass is 303 g/mol. The number of aliphatic hydroxyl groups excluding tert-OH is 1. The number of fused-ring (bicyclic) bond motifs is 1. The summed E-state index contributed by atoms with van der Waals surface area (Å²) in [5.41, 5.74) is 3.38. The molecule has 2 amide bonds. The first-order chi connectivity index (χ1) is 10.6. The van der Waals surface area contributed by atoms with Crippen LogP contribution in [-0.2, 0) is 6.42 Å². The smallest absolute Gasteiger partial charge is 0.315 e. The fraction of sp³-hybridized carbons (Fsp3) is 0.588. The zero-order chi connectivity index (χ0) is 15.5. The maximum Gasteiger partial charge on any atom is 0.315 e. The number of urea groups is 1. The first-order valence-corrected chi connectivity index (χ1v) is 8.20. The largest absolute Gasteiger partial charge is 0.387 e. The quantitative estimate of drug-likeness (QED) is 0.796. The molecule has 1 saturated carbocycles. The summed E-state index contributed by atoms with van der Waals surface area (Å²) >= 11 is 0. The van der Waals surface area contributed by atoms with Crippen molar-refractivity contribution in [2.75, 3.05) is 25.0 Å². The Bertz CT molecular complexity index is 541. The van der Waals surface area contributed by atoms with Gasteiger partial charge in [-0.05, 0) is 36.5 Å². The number of aliphatic hydroxyl groups is 1. The van der Waals surface area contributed by atoms with Gasteiger partial charge in [-0.15, -0.1) is 0 Å². The van der Waals surface area contributed by atoms with Gasteiger partial charge in [0.05, 0.1) is 6.10 Å². The van der Waals surface area contributed by atoms with E-state index in [1.807, 2.05) is 6.07 Å². The maximum absolute atomic E-state index is 11.8. The standard InChI is InChI=1S/C17H25N3O2/c1-20-9-8-12-10-13(6-7-15(12)20)16(21)11-18-17(22)19-14-4-2-3-5-14/h6-7,10,14,16,21H,2-5,8-9,11H2,1H3,(H2,18,19,22). The molecule has 2 aliphatic rings. The van der Waals surface area contributed by atoms with Gasteiger partial charge >= 0.3 is 6.03 Å². The van der Waals surface area contributed by atoms with E-state index in [-0.39, 0.29) is 12.6 Å². The summed E-state index contributed by atoms with van der Waals surface area (Å²) < 4.78 is 0.